The summed E-state index contributed by atoms with van der Waals surface area (Å²) in [6.07, 6.45) is 0.880. The van der Waals surface area contributed by atoms with Crippen LogP contribution in [0.2, 0.25) is 0 Å². The molecule has 0 bridgehead atoms. The molecule has 164 valence electrons. The lowest BCUT2D eigenvalue weighted by molar-refractivity contribution is 0.0697. The van der Waals surface area contributed by atoms with Crippen molar-refractivity contribution >= 4 is 16.8 Å². The third-order valence-corrected chi connectivity index (χ3v) is 6.87. The fourth-order valence-electron chi connectivity index (χ4n) is 3.61. The van der Waals surface area contributed by atoms with Gasteiger partial charge in [-0.15, -0.1) is 0 Å². The molecule has 2 aromatic carbocycles. The van der Waals surface area contributed by atoms with Crippen LogP contribution in [-0.4, -0.2) is 35.7 Å². The van der Waals surface area contributed by atoms with E-state index in [9.17, 15) is 19.2 Å². The first-order valence-electron chi connectivity index (χ1n) is 10.4. The lowest BCUT2D eigenvalue weighted by Crippen LogP contribution is -2.13. The highest BCUT2D eigenvalue weighted by Gasteiger charge is 2.23. The van der Waals surface area contributed by atoms with Gasteiger partial charge in [-0.2, -0.15) is 0 Å². The first-order valence-corrected chi connectivity index (χ1v) is 11.7. The van der Waals surface area contributed by atoms with E-state index >= 15 is 0 Å². The summed E-state index contributed by atoms with van der Waals surface area (Å²) >= 11 is 0. The van der Waals surface area contributed by atoms with E-state index in [0.717, 1.165) is 23.4 Å². The third-order valence-electron chi connectivity index (χ3n) is 5.46. The van der Waals surface area contributed by atoms with E-state index in [2.05, 4.69) is 18.8 Å². The minimum Gasteiger partial charge on any atom is -0.478 e. The number of carboxylic acid groups (broad SMARTS) is 1. The van der Waals surface area contributed by atoms with Crippen LogP contribution in [-0.2, 0) is 24.0 Å². The molecule has 7 heteroatoms. The molecule has 2 atom stereocenters. The van der Waals surface area contributed by atoms with Crippen LogP contribution < -0.4 is 0 Å². The Hall–Kier alpha value is -2.77. The molecule has 3 rings (SSSR count). The summed E-state index contributed by atoms with van der Waals surface area (Å²) in [6, 6.07) is 14.6. The monoisotopic (exact) mass is 440 g/mol. The van der Waals surface area contributed by atoms with Gasteiger partial charge in [-0.3, -0.25) is 4.21 Å². The molecule has 0 spiro atoms. The van der Waals surface area contributed by atoms with Gasteiger partial charge in [0.2, 0.25) is 0 Å². The zero-order valence-corrected chi connectivity index (χ0v) is 18.9. The van der Waals surface area contributed by atoms with Gasteiger partial charge in [0.1, 0.15) is 16.5 Å². The minimum atomic E-state index is -1.25. The summed E-state index contributed by atoms with van der Waals surface area (Å²) in [5.41, 5.74) is 3.21. The molecule has 0 saturated carbocycles. The van der Waals surface area contributed by atoms with Crippen molar-refractivity contribution in [1.82, 2.24) is 9.55 Å². The number of nitrogens with zero attached hydrogens (tertiary/aromatic N) is 2. The van der Waals surface area contributed by atoms with Crippen LogP contribution >= 0.6 is 0 Å². The molecule has 0 amide bonds. The zero-order chi connectivity index (χ0) is 22.5. The van der Waals surface area contributed by atoms with Gasteiger partial charge < -0.3 is 14.8 Å². The number of aromatic carboxylic acids is 1. The Bertz CT molecular complexity index is 1090. The van der Waals surface area contributed by atoms with Crippen LogP contribution in [0, 0.1) is 0 Å². The van der Waals surface area contributed by atoms with Gasteiger partial charge in [0.15, 0.2) is 0 Å². The predicted molar refractivity (Wildman–Crippen MR) is 122 cm³/mol. The maximum Gasteiger partial charge on any atom is 0.336 e. The summed E-state index contributed by atoms with van der Waals surface area (Å²) in [7, 11) is -1.25. The summed E-state index contributed by atoms with van der Waals surface area (Å²) in [5.74, 6) is 0.474. The predicted octanol–water partition coefficient (Wildman–Crippen LogP) is 4.43. The first kappa shape index (κ1) is 22.9. The van der Waals surface area contributed by atoms with Crippen molar-refractivity contribution in [2.24, 2.45) is 0 Å². The van der Waals surface area contributed by atoms with Crippen molar-refractivity contribution in [2.45, 2.75) is 51.3 Å². The van der Waals surface area contributed by atoms with Crippen molar-refractivity contribution in [3.63, 3.8) is 0 Å². The molecule has 31 heavy (non-hydrogen) atoms. The van der Waals surface area contributed by atoms with Crippen LogP contribution in [0.3, 0.4) is 0 Å². The Morgan fingerprint density at radius 2 is 1.81 bits per heavy atom. The first-order chi connectivity index (χ1) is 14.9. The highest BCUT2D eigenvalue weighted by atomic mass is 32.2. The van der Waals surface area contributed by atoms with E-state index < -0.39 is 16.8 Å². The van der Waals surface area contributed by atoms with Crippen LogP contribution in [0.25, 0.3) is 11.1 Å². The van der Waals surface area contributed by atoms with Crippen molar-refractivity contribution in [1.29, 1.82) is 0 Å². The van der Waals surface area contributed by atoms with Crippen molar-refractivity contribution in [2.75, 3.05) is 5.75 Å². The summed E-state index contributed by atoms with van der Waals surface area (Å²) < 4.78 is 14.7. The van der Waals surface area contributed by atoms with E-state index in [-0.39, 0.29) is 18.1 Å². The number of benzene rings is 2. The van der Waals surface area contributed by atoms with E-state index in [4.69, 9.17) is 0 Å². The quantitative estimate of drug-likeness (QED) is 0.513. The second-order valence-corrected chi connectivity index (χ2v) is 9.11. The average molecular weight is 441 g/mol. The number of aromatic nitrogens is 2. The van der Waals surface area contributed by atoms with E-state index in [1.165, 1.54) is 0 Å². The third kappa shape index (κ3) is 4.78. The summed E-state index contributed by atoms with van der Waals surface area (Å²) in [5, 5.41) is 19.8. The normalized spacial score (nSPS) is 13.2. The molecule has 2 unspecified atom stereocenters. The lowest BCUT2D eigenvalue weighted by Gasteiger charge is -2.16. The molecule has 0 aliphatic heterocycles. The number of hydrogen-bond donors (Lipinski definition) is 2. The molecule has 3 aromatic rings. The molecule has 0 saturated heterocycles. The molecule has 1 heterocycles. The maximum absolute atomic E-state index is 12.8. The van der Waals surface area contributed by atoms with Gasteiger partial charge >= 0.3 is 5.97 Å². The maximum atomic E-state index is 12.8. The Labute approximate surface area is 185 Å². The highest BCUT2D eigenvalue weighted by molar-refractivity contribution is 7.85. The molecule has 0 fully saturated rings. The Morgan fingerprint density at radius 1 is 1.13 bits per heavy atom. The minimum absolute atomic E-state index is 0.162. The summed E-state index contributed by atoms with van der Waals surface area (Å²) in [4.78, 5) is 16.1. The molecule has 2 N–H and O–H groups in total. The number of aliphatic hydroxyl groups excluding tert-OH is 1. The number of hydrogen-bond acceptors (Lipinski definition) is 4. The van der Waals surface area contributed by atoms with Gasteiger partial charge in [0.25, 0.3) is 0 Å². The molecule has 1 aromatic heterocycles. The second kappa shape index (κ2) is 10.0. The average Bonchev–Trinajstić information content (AvgIpc) is 3.16. The van der Waals surface area contributed by atoms with Crippen LogP contribution in [0.15, 0.2) is 53.6 Å². The fourth-order valence-corrected chi connectivity index (χ4v) is 4.66. The Kier molecular flexibility index (Phi) is 7.41. The zero-order valence-electron chi connectivity index (χ0n) is 18.0. The topological polar surface area (TPSA) is 92.4 Å². The largest absolute Gasteiger partial charge is 0.478 e. The smallest absolute Gasteiger partial charge is 0.336 e. The number of aliphatic hydroxyl groups is 1. The number of rotatable bonds is 9. The Balaban J connectivity index is 2.01. The molecule has 0 radical (unpaired) electrons. The highest BCUT2D eigenvalue weighted by Crippen LogP contribution is 2.28. The van der Waals surface area contributed by atoms with E-state index in [0.29, 0.717) is 28.6 Å². The number of carboxylic acids is 1. The standard InChI is InChI=1S/C24H28N2O4S/c1-4-16(3)22-25-21(15-27)23(31(30)5-2)26(22)14-17-10-12-18(13-11-17)19-8-6-7-9-20(19)24(28)29/h6-13,16,27H,4-5,14-15H2,1-3H3,(H,28,29). The Morgan fingerprint density at radius 3 is 2.39 bits per heavy atom. The van der Waals surface area contributed by atoms with E-state index in [1.54, 1.807) is 18.2 Å². The van der Waals surface area contributed by atoms with Crippen LogP contribution in [0.5, 0.6) is 0 Å². The molecular weight excluding hydrogens is 412 g/mol. The van der Waals surface area contributed by atoms with Gasteiger partial charge in [0.05, 0.1) is 23.0 Å². The second-order valence-electron chi connectivity index (χ2n) is 7.46. The molecule has 0 aliphatic rings. The van der Waals surface area contributed by atoms with Crippen LogP contribution in [0.1, 0.15) is 60.5 Å². The molecule has 0 aliphatic carbocycles. The van der Waals surface area contributed by atoms with Gasteiger partial charge in [-0.05, 0) is 29.2 Å². The van der Waals surface area contributed by atoms with E-state index in [1.807, 2.05) is 41.8 Å². The fraction of sp³-hybridized carbons (Fsp3) is 0.333. The van der Waals surface area contributed by atoms with Gasteiger partial charge in [-0.1, -0.05) is 63.2 Å². The van der Waals surface area contributed by atoms with Gasteiger partial charge in [-0.25, -0.2) is 9.78 Å². The van der Waals surface area contributed by atoms with Crippen molar-refractivity contribution in [3.05, 3.63) is 71.2 Å². The molecule has 6 nitrogen and oxygen atoms in total. The van der Waals surface area contributed by atoms with Crippen LogP contribution in [0.4, 0.5) is 0 Å². The number of carbonyl (C=O) groups is 1. The number of imidazole rings is 1. The SMILES string of the molecule is CCC(C)c1nc(CO)c(S(=O)CC)n1Cc1ccc(-c2ccccc2C(=O)O)cc1. The van der Waals surface area contributed by atoms with Crippen molar-refractivity contribution < 1.29 is 19.2 Å². The molecular formula is C24H28N2O4S. The van der Waals surface area contributed by atoms with Gasteiger partial charge in [0, 0.05) is 18.2 Å². The summed E-state index contributed by atoms with van der Waals surface area (Å²) in [6.45, 7) is 6.24. The van der Waals surface area contributed by atoms with Crippen molar-refractivity contribution in [3.8, 4) is 11.1 Å². The lowest BCUT2D eigenvalue weighted by atomic mass is 9.98.